The van der Waals surface area contributed by atoms with Crippen molar-refractivity contribution in [2.45, 2.75) is 57.8 Å². The molecule has 3 aliphatic carbocycles. The fraction of sp³-hybridized carbons (Fsp3) is 0.300. The fourth-order valence-electron chi connectivity index (χ4n) is 7.54. The Hall–Kier alpha value is -2.94. The second-order valence-electron chi connectivity index (χ2n) is 11.6. The molecule has 0 spiro atoms. The van der Waals surface area contributed by atoms with Crippen molar-refractivity contribution in [2.24, 2.45) is 0 Å². The minimum atomic E-state index is -0.328. The molecule has 0 aliphatic heterocycles. The zero-order chi connectivity index (χ0) is 24.6. The van der Waals surface area contributed by atoms with E-state index in [1.54, 1.807) is 0 Å². The van der Waals surface area contributed by atoms with Crippen LogP contribution in [0.25, 0.3) is 32.7 Å². The van der Waals surface area contributed by atoms with Gasteiger partial charge in [0.15, 0.2) is 0 Å². The number of nitrogens with zero attached hydrogens (tertiary/aromatic N) is 6. The molecule has 0 N–H and O–H groups in total. The Labute approximate surface area is 241 Å². The first kappa shape index (κ1) is 23.0. The smallest absolute Gasteiger partial charge is 0.418 e. The van der Waals surface area contributed by atoms with E-state index in [0.717, 1.165) is 19.3 Å². The normalized spacial score (nSPS) is 21.0. The van der Waals surface area contributed by atoms with Crippen molar-refractivity contribution < 1.29 is 0 Å². The van der Waals surface area contributed by atoms with Crippen LogP contribution in [0.1, 0.15) is 72.3 Å². The molecule has 0 bridgehead atoms. The third-order valence-electron chi connectivity index (χ3n) is 9.18. The van der Waals surface area contributed by atoms with Gasteiger partial charge >= 0.3 is 27.3 Å². The van der Waals surface area contributed by atoms with E-state index in [4.69, 9.17) is 15.3 Å². The maximum Gasteiger partial charge on any atom is 1.00 e. The number of hydrogen-bond acceptors (Lipinski definition) is 3. The summed E-state index contributed by atoms with van der Waals surface area (Å²) in [6.07, 6.45) is 3.18. The largest absolute Gasteiger partial charge is 1.00 e. The van der Waals surface area contributed by atoms with E-state index in [1.807, 2.05) is 0 Å². The van der Waals surface area contributed by atoms with Crippen molar-refractivity contribution in [3.63, 3.8) is 0 Å². The molecule has 3 atom stereocenters. The molecule has 0 fully saturated rings. The minimum Gasteiger partial charge on any atom is -0.418 e. The quantitative estimate of drug-likeness (QED) is 0.239. The van der Waals surface area contributed by atoms with Gasteiger partial charge < -0.3 is 13.8 Å². The van der Waals surface area contributed by atoms with Crippen molar-refractivity contribution in [1.82, 2.24) is 29.1 Å². The molecular formula is C30H27BN6Tl. The number of aromatic nitrogens is 6. The summed E-state index contributed by atoms with van der Waals surface area (Å²) in [4.78, 5) is 0. The molecule has 3 heterocycles. The van der Waals surface area contributed by atoms with Gasteiger partial charge in [-0.05, 0) is 54.2 Å². The molecule has 0 amide bonds. The summed E-state index contributed by atoms with van der Waals surface area (Å²) >= 11 is 0. The second-order valence-corrected chi connectivity index (χ2v) is 11.6. The van der Waals surface area contributed by atoms with Crippen LogP contribution < -0.4 is 0 Å². The average Bonchev–Trinajstić information content (AvgIpc) is 3.71. The van der Waals surface area contributed by atoms with Gasteiger partial charge in [0.2, 0.25) is 0 Å². The molecule has 0 saturated heterocycles. The third-order valence-corrected chi connectivity index (χ3v) is 9.18. The van der Waals surface area contributed by atoms with Gasteiger partial charge in [-0.3, -0.25) is 0 Å². The van der Waals surface area contributed by atoms with Crippen molar-refractivity contribution >= 4 is 67.1 Å². The van der Waals surface area contributed by atoms with Gasteiger partial charge in [-0.2, -0.15) is 0 Å². The molecule has 6 nitrogen and oxygen atoms in total. The molecular weight excluding hydrogens is 660 g/mol. The summed E-state index contributed by atoms with van der Waals surface area (Å²) in [5.74, 6) is 1.23. The number of rotatable bonds is 3. The van der Waals surface area contributed by atoms with Crippen LogP contribution in [0, 0.1) is 0 Å². The van der Waals surface area contributed by atoms with E-state index in [2.05, 4.69) is 89.1 Å². The monoisotopic (exact) mass is 687 g/mol. The summed E-state index contributed by atoms with van der Waals surface area (Å²) in [7, 11) is -0.328. The zero-order valence-electron chi connectivity index (χ0n) is 21.9. The van der Waals surface area contributed by atoms with E-state index in [1.165, 1.54) is 66.5 Å². The standard InChI is InChI=1S/C30H27BN6.Tl/c1-16-13-19-7-4-10-22-25(19)28(16)32-35(22)31(36-23-11-5-8-20-14-17(2)29(33-36)26(20)23)37-24-12-6-9-21-15-18(3)30(34-37)27(21)24;/h4-12,16-18H,13-15H2,1-3H3;/q-1;+1/t16-,17-,18-;/m0./s1. The van der Waals surface area contributed by atoms with Gasteiger partial charge in [0.1, 0.15) is 0 Å². The maximum absolute atomic E-state index is 5.34. The summed E-state index contributed by atoms with van der Waals surface area (Å²) in [5, 5.41) is 20.0. The van der Waals surface area contributed by atoms with E-state index in [9.17, 15) is 0 Å². The van der Waals surface area contributed by atoms with Gasteiger partial charge in [0.25, 0.3) is 7.12 Å². The van der Waals surface area contributed by atoms with Crippen molar-refractivity contribution in [2.75, 3.05) is 0 Å². The molecule has 1 radical (unpaired) electrons. The number of benzene rings is 3. The van der Waals surface area contributed by atoms with E-state index >= 15 is 0 Å². The van der Waals surface area contributed by atoms with Gasteiger partial charge in [-0.1, -0.05) is 57.2 Å². The predicted octanol–water partition coefficient (Wildman–Crippen LogP) is 5.26. The Morgan fingerprint density at radius 1 is 0.553 bits per heavy atom. The molecule has 3 aromatic heterocycles. The first-order valence-corrected chi connectivity index (χ1v) is 13.6. The second kappa shape index (κ2) is 7.80. The average molecular weight is 687 g/mol. The maximum atomic E-state index is 5.34. The van der Waals surface area contributed by atoms with E-state index in [-0.39, 0.29) is 34.4 Å². The Bertz CT molecular complexity index is 1720. The van der Waals surface area contributed by atoms with Crippen molar-refractivity contribution in [1.29, 1.82) is 0 Å². The molecule has 8 heteroatoms. The Morgan fingerprint density at radius 3 is 1.18 bits per heavy atom. The van der Waals surface area contributed by atoms with Gasteiger partial charge in [0.05, 0.1) is 17.1 Å². The Morgan fingerprint density at radius 2 is 0.868 bits per heavy atom. The van der Waals surface area contributed by atoms with Crippen LogP contribution in [0.4, 0.5) is 0 Å². The molecule has 9 rings (SSSR count). The van der Waals surface area contributed by atoms with Crippen LogP contribution in [0.3, 0.4) is 0 Å². The van der Waals surface area contributed by atoms with Crippen molar-refractivity contribution in [3.05, 3.63) is 88.4 Å². The van der Waals surface area contributed by atoms with Gasteiger partial charge in [0, 0.05) is 50.5 Å². The Balaban J connectivity index is 0.00000225. The summed E-state index contributed by atoms with van der Waals surface area (Å²) in [6.45, 7) is 6.88. The van der Waals surface area contributed by atoms with Crippen LogP contribution >= 0.6 is 0 Å². The van der Waals surface area contributed by atoms with Crippen LogP contribution in [-0.4, -0.2) is 63.5 Å². The number of hydrogen-bond donors (Lipinski definition) is 0. The molecule has 6 aromatic rings. The summed E-state index contributed by atoms with van der Waals surface area (Å²) in [5.41, 5.74) is 11.3. The zero-order valence-corrected chi connectivity index (χ0v) is 26.4. The van der Waals surface area contributed by atoms with Crippen LogP contribution in [0.15, 0.2) is 54.6 Å². The van der Waals surface area contributed by atoms with E-state index < -0.39 is 0 Å². The first-order chi connectivity index (χ1) is 18.1. The summed E-state index contributed by atoms with van der Waals surface area (Å²) in [6, 6.07) is 20.0. The molecule has 0 saturated carbocycles. The van der Waals surface area contributed by atoms with E-state index in [0.29, 0.717) is 17.8 Å². The topological polar surface area (TPSA) is 53.5 Å². The first-order valence-electron chi connectivity index (χ1n) is 13.6. The molecule has 3 aliphatic rings. The Kier molecular flexibility index (Phi) is 4.72. The van der Waals surface area contributed by atoms with Crippen molar-refractivity contribution in [3.8, 4) is 0 Å². The summed E-state index contributed by atoms with van der Waals surface area (Å²) < 4.78 is 6.61. The molecule has 38 heavy (non-hydrogen) atoms. The predicted molar refractivity (Wildman–Crippen MR) is 153 cm³/mol. The minimum absolute atomic E-state index is 0. The molecule has 183 valence electrons. The van der Waals surface area contributed by atoms with Crippen LogP contribution in [0.2, 0.25) is 0 Å². The van der Waals surface area contributed by atoms with Gasteiger partial charge in [-0.15, -0.1) is 0 Å². The molecule has 3 aromatic carbocycles. The van der Waals surface area contributed by atoms with Crippen LogP contribution in [-0.2, 0) is 19.3 Å². The molecule has 0 unspecified atom stereocenters. The van der Waals surface area contributed by atoms with Crippen LogP contribution in [0.5, 0.6) is 0 Å². The van der Waals surface area contributed by atoms with Gasteiger partial charge in [-0.25, -0.2) is 15.3 Å². The fourth-order valence-corrected chi connectivity index (χ4v) is 7.54. The third kappa shape index (κ3) is 2.75. The SMILES string of the molecule is C[C@H]1Cc2cccc3c2c1nn3[B-](n1nc2c3c(cccc31)C[C@@H]2C)n1nc2c3c(cccc31)C[C@@H]2C.[Tl+].